The maximum atomic E-state index is 12.0. The fourth-order valence-corrected chi connectivity index (χ4v) is 1.01. The Bertz CT molecular complexity index is 217. The van der Waals surface area contributed by atoms with Crippen molar-refractivity contribution in [3.05, 3.63) is 0 Å². The molecule has 0 amide bonds. The average Bonchev–Trinajstić information content (AvgIpc) is 2.31. The Morgan fingerprint density at radius 2 is 2.25 bits per heavy atom. The number of rotatable bonds is 1. The molecule has 1 aliphatic rings. The number of hydrogen-bond donors (Lipinski definition) is 1. The molecule has 0 saturated carbocycles. The van der Waals surface area contributed by atoms with Gasteiger partial charge in [-0.15, -0.1) is 0 Å². The summed E-state index contributed by atoms with van der Waals surface area (Å²) in [5.74, 6) is -3.13. The SMILES string of the molecule is OC1(C(F)(F)F)CC(CBr)=NO1. The van der Waals surface area contributed by atoms with E-state index in [1.807, 2.05) is 0 Å². The summed E-state index contributed by atoms with van der Waals surface area (Å²) in [6, 6.07) is 0. The third-order valence-corrected chi connectivity index (χ3v) is 2.01. The predicted molar refractivity (Wildman–Crippen MR) is 37.9 cm³/mol. The first kappa shape index (κ1) is 9.79. The van der Waals surface area contributed by atoms with E-state index in [-0.39, 0.29) is 11.0 Å². The summed E-state index contributed by atoms with van der Waals surface area (Å²) < 4.78 is 36.0. The number of nitrogens with zero attached hydrogens (tertiary/aromatic N) is 1. The van der Waals surface area contributed by atoms with Crippen LogP contribution >= 0.6 is 15.9 Å². The Kier molecular flexibility index (Phi) is 2.35. The Labute approximate surface area is 74.3 Å². The Morgan fingerprint density at radius 3 is 2.50 bits per heavy atom. The quantitative estimate of drug-likeness (QED) is 0.713. The molecule has 0 fully saturated rings. The van der Waals surface area contributed by atoms with Gasteiger partial charge in [-0.1, -0.05) is 21.1 Å². The summed E-state index contributed by atoms with van der Waals surface area (Å²) >= 11 is 2.91. The molecule has 70 valence electrons. The van der Waals surface area contributed by atoms with E-state index < -0.39 is 18.4 Å². The molecule has 1 atom stereocenters. The van der Waals surface area contributed by atoms with Crippen molar-refractivity contribution in [1.82, 2.24) is 0 Å². The van der Waals surface area contributed by atoms with E-state index in [1.54, 1.807) is 0 Å². The maximum Gasteiger partial charge on any atom is 0.458 e. The first-order chi connectivity index (χ1) is 5.39. The Hall–Kier alpha value is -0.300. The normalized spacial score (nSPS) is 29.9. The first-order valence-electron chi connectivity index (χ1n) is 2.98. The van der Waals surface area contributed by atoms with Gasteiger partial charge in [0.2, 0.25) is 0 Å². The lowest BCUT2D eigenvalue weighted by atomic mass is 10.1. The molecule has 0 spiro atoms. The second-order valence-electron chi connectivity index (χ2n) is 2.34. The van der Waals surface area contributed by atoms with Crippen molar-refractivity contribution in [2.45, 2.75) is 18.4 Å². The second kappa shape index (κ2) is 2.88. The fraction of sp³-hybridized carbons (Fsp3) is 0.800. The van der Waals surface area contributed by atoms with Gasteiger partial charge in [-0.25, -0.2) is 0 Å². The minimum Gasteiger partial charge on any atom is -0.350 e. The lowest BCUT2D eigenvalue weighted by molar-refractivity contribution is -0.355. The van der Waals surface area contributed by atoms with Gasteiger partial charge in [-0.2, -0.15) is 13.2 Å². The molecule has 1 heterocycles. The number of aliphatic hydroxyl groups is 1. The highest BCUT2D eigenvalue weighted by Gasteiger charge is 2.60. The number of oxime groups is 1. The van der Waals surface area contributed by atoms with Crippen LogP contribution < -0.4 is 0 Å². The largest absolute Gasteiger partial charge is 0.458 e. The summed E-state index contributed by atoms with van der Waals surface area (Å²) in [4.78, 5) is 3.90. The third-order valence-electron chi connectivity index (χ3n) is 1.37. The summed E-state index contributed by atoms with van der Waals surface area (Å²) in [5.41, 5.74) is 0.134. The van der Waals surface area contributed by atoms with Gasteiger partial charge < -0.3 is 9.94 Å². The molecule has 1 aliphatic heterocycles. The summed E-state index contributed by atoms with van der Waals surface area (Å²) in [6.07, 6.45) is -5.44. The van der Waals surface area contributed by atoms with Gasteiger partial charge in [0.05, 0.1) is 12.1 Å². The van der Waals surface area contributed by atoms with Crippen LogP contribution in [0.2, 0.25) is 0 Å². The molecule has 0 bridgehead atoms. The summed E-state index contributed by atoms with van der Waals surface area (Å²) in [7, 11) is 0. The zero-order valence-electron chi connectivity index (χ0n) is 5.73. The molecule has 0 saturated heterocycles. The number of alkyl halides is 4. The monoisotopic (exact) mass is 247 g/mol. The molecular weight excluding hydrogens is 243 g/mol. The van der Waals surface area contributed by atoms with Crippen molar-refractivity contribution in [3.8, 4) is 0 Å². The number of halogens is 4. The minimum absolute atomic E-state index is 0.134. The highest BCUT2D eigenvalue weighted by Crippen LogP contribution is 2.37. The van der Waals surface area contributed by atoms with E-state index in [0.717, 1.165) is 0 Å². The molecule has 7 heteroatoms. The molecule has 1 unspecified atom stereocenters. The minimum atomic E-state index is -4.81. The van der Waals surface area contributed by atoms with E-state index in [1.165, 1.54) is 0 Å². The molecule has 0 aromatic heterocycles. The zero-order chi connectivity index (χ0) is 9.41. The predicted octanol–water partition coefficient (Wildman–Crippen LogP) is 1.41. The highest BCUT2D eigenvalue weighted by atomic mass is 79.9. The van der Waals surface area contributed by atoms with Crippen LogP contribution in [0.3, 0.4) is 0 Å². The lowest BCUT2D eigenvalue weighted by Crippen LogP contribution is -2.45. The maximum absolute atomic E-state index is 12.0. The Balaban J connectivity index is 2.70. The summed E-state index contributed by atoms with van der Waals surface area (Å²) in [5, 5.41) is 12.1. The van der Waals surface area contributed by atoms with Crippen LogP contribution in [0.1, 0.15) is 6.42 Å². The van der Waals surface area contributed by atoms with Crippen LogP contribution in [-0.4, -0.2) is 28.1 Å². The molecular formula is C5H5BrF3NO2. The molecule has 0 aliphatic carbocycles. The van der Waals surface area contributed by atoms with Crippen LogP contribution in [0.4, 0.5) is 13.2 Å². The van der Waals surface area contributed by atoms with Gasteiger partial charge >= 0.3 is 12.0 Å². The average molecular weight is 248 g/mol. The van der Waals surface area contributed by atoms with Crippen LogP contribution in [0, 0.1) is 0 Å². The van der Waals surface area contributed by atoms with Gasteiger partial charge in [0, 0.05) is 5.33 Å². The molecule has 0 aromatic carbocycles. The van der Waals surface area contributed by atoms with Gasteiger partial charge in [0.25, 0.3) is 0 Å². The molecule has 1 rings (SSSR count). The molecule has 12 heavy (non-hydrogen) atoms. The van der Waals surface area contributed by atoms with Crippen LogP contribution in [0.5, 0.6) is 0 Å². The van der Waals surface area contributed by atoms with Crippen molar-refractivity contribution in [3.63, 3.8) is 0 Å². The number of hydrogen-bond acceptors (Lipinski definition) is 3. The molecule has 0 radical (unpaired) electrons. The standard InChI is InChI=1S/C5H5BrF3NO2/c6-2-3-1-4(11,12-10-3)5(7,8)9/h11H,1-2H2. The van der Waals surface area contributed by atoms with E-state index in [0.29, 0.717) is 0 Å². The molecule has 3 nitrogen and oxygen atoms in total. The third kappa shape index (κ3) is 1.56. The molecule has 0 aromatic rings. The zero-order valence-corrected chi connectivity index (χ0v) is 7.31. The first-order valence-corrected chi connectivity index (χ1v) is 4.10. The van der Waals surface area contributed by atoms with Crippen LogP contribution in [0.15, 0.2) is 5.16 Å². The van der Waals surface area contributed by atoms with Crippen molar-refractivity contribution in [2.24, 2.45) is 5.16 Å². The van der Waals surface area contributed by atoms with Crippen molar-refractivity contribution >= 4 is 21.6 Å². The fourth-order valence-electron chi connectivity index (χ4n) is 0.705. The Morgan fingerprint density at radius 1 is 1.67 bits per heavy atom. The van der Waals surface area contributed by atoms with Crippen molar-refractivity contribution in [1.29, 1.82) is 0 Å². The van der Waals surface area contributed by atoms with Gasteiger partial charge in [-0.05, 0) is 0 Å². The van der Waals surface area contributed by atoms with Crippen LogP contribution in [-0.2, 0) is 4.84 Å². The van der Waals surface area contributed by atoms with E-state index in [9.17, 15) is 13.2 Å². The van der Waals surface area contributed by atoms with Crippen LogP contribution in [0.25, 0.3) is 0 Å². The van der Waals surface area contributed by atoms with Crippen molar-refractivity contribution in [2.75, 3.05) is 5.33 Å². The molecule has 1 N–H and O–H groups in total. The van der Waals surface area contributed by atoms with Crippen molar-refractivity contribution < 1.29 is 23.1 Å². The van der Waals surface area contributed by atoms with E-state index >= 15 is 0 Å². The van der Waals surface area contributed by atoms with Gasteiger partial charge in [0.1, 0.15) is 0 Å². The lowest BCUT2D eigenvalue weighted by Gasteiger charge is -2.22. The van der Waals surface area contributed by atoms with E-state index in [2.05, 4.69) is 25.9 Å². The smallest absolute Gasteiger partial charge is 0.350 e. The van der Waals surface area contributed by atoms with Gasteiger partial charge in [-0.3, -0.25) is 0 Å². The van der Waals surface area contributed by atoms with Gasteiger partial charge in [0.15, 0.2) is 0 Å². The topological polar surface area (TPSA) is 41.8 Å². The highest BCUT2D eigenvalue weighted by molar-refractivity contribution is 9.09. The summed E-state index contributed by atoms with van der Waals surface area (Å²) in [6.45, 7) is 0. The second-order valence-corrected chi connectivity index (χ2v) is 2.90. The van der Waals surface area contributed by atoms with E-state index in [4.69, 9.17) is 5.11 Å².